The Kier molecular flexibility index (Phi) is 3.55. The Labute approximate surface area is 133 Å². The van der Waals surface area contributed by atoms with Crippen LogP contribution in [0, 0.1) is 5.41 Å². The van der Waals surface area contributed by atoms with Crippen molar-refractivity contribution in [2.24, 2.45) is 12.5 Å². The molecule has 2 atom stereocenters. The molecule has 0 radical (unpaired) electrons. The zero-order valence-corrected chi connectivity index (χ0v) is 13.9. The normalized spacial score (nSPS) is 28.1. The third-order valence-electron chi connectivity index (χ3n) is 4.78. The predicted molar refractivity (Wildman–Crippen MR) is 87.8 cm³/mol. The Morgan fingerprint density at radius 3 is 3.14 bits per heavy atom. The zero-order valence-electron chi connectivity index (χ0n) is 12.3. The maximum atomic E-state index is 4.40. The molecule has 4 nitrogen and oxygen atoms in total. The van der Waals surface area contributed by atoms with Crippen LogP contribution < -0.4 is 0 Å². The molecule has 2 aliphatic heterocycles. The lowest BCUT2D eigenvalue weighted by atomic mass is 9.83. The molecule has 2 saturated heterocycles. The number of rotatable bonds is 4. The van der Waals surface area contributed by atoms with Crippen molar-refractivity contribution in [3.05, 3.63) is 17.5 Å². The van der Waals surface area contributed by atoms with Gasteiger partial charge >= 0.3 is 0 Å². The highest BCUT2D eigenvalue weighted by Gasteiger charge is 2.40. The van der Waals surface area contributed by atoms with Crippen LogP contribution in [0.3, 0.4) is 0 Å². The highest BCUT2D eigenvalue weighted by Crippen LogP contribution is 2.43. The van der Waals surface area contributed by atoms with Crippen molar-refractivity contribution < 1.29 is 0 Å². The van der Waals surface area contributed by atoms with Crippen LogP contribution in [0.15, 0.2) is 22.7 Å². The van der Waals surface area contributed by atoms with Crippen molar-refractivity contribution in [3.8, 4) is 10.7 Å². The Bertz CT molecular complexity index is 618. The van der Waals surface area contributed by atoms with E-state index < -0.39 is 0 Å². The number of piperidine rings is 1. The summed E-state index contributed by atoms with van der Waals surface area (Å²) in [4.78, 5) is 3.82. The van der Waals surface area contributed by atoms with Gasteiger partial charge in [0.05, 0.1) is 4.88 Å². The summed E-state index contributed by atoms with van der Waals surface area (Å²) >= 11 is 3.61. The van der Waals surface area contributed by atoms with Gasteiger partial charge in [-0.2, -0.15) is 0 Å². The van der Waals surface area contributed by atoms with Gasteiger partial charge in [0, 0.05) is 19.3 Å². The molecule has 4 rings (SSSR count). The molecule has 6 heteroatoms. The van der Waals surface area contributed by atoms with Crippen molar-refractivity contribution >= 4 is 23.1 Å². The summed E-state index contributed by atoms with van der Waals surface area (Å²) in [5.41, 5.74) is 0.526. The van der Waals surface area contributed by atoms with Crippen LogP contribution in [0.2, 0.25) is 0 Å². The third-order valence-corrected chi connectivity index (χ3v) is 7.02. The average Bonchev–Trinajstić information content (AvgIpc) is 3.18. The van der Waals surface area contributed by atoms with E-state index in [2.05, 4.69) is 44.2 Å². The van der Waals surface area contributed by atoms with E-state index in [9.17, 15) is 0 Å². The van der Waals surface area contributed by atoms with E-state index >= 15 is 0 Å². The molecule has 0 aromatic carbocycles. The van der Waals surface area contributed by atoms with Gasteiger partial charge in [-0.05, 0) is 49.2 Å². The SMILES string of the molecule is Cn1c(SCC23CCCN(CC2)C3)nnc1-c1cccs1. The molecule has 2 aromatic rings. The maximum absolute atomic E-state index is 4.40. The van der Waals surface area contributed by atoms with E-state index in [1.54, 1.807) is 11.3 Å². The van der Waals surface area contributed by atoms with Crippen molar-refractivity contribution in [2.45, 2.75) is 24.4 Å². The zero-order chi connectivity index (χ0) is 14.3. The van der Waals surface area contributed by atoms with Gasteiger partial charge in [-0.3, -0.25) is 0 Å². The summed E-state index contributed by atoms with van der Waals surface area (Å²) < 4.78 is 2.14. The molecule has 2 fully saturated rings. The van der Waals surface area contributed by atoms with E-state index in [4.69, 9.17) is 0 Å². The Morgan fingerprint density at radius 2 is 2.29 bits per heavy atom. The summed E-state index contributed by atoms with van der Waals surface area (Å²) in [6.45, 7) is 3.88. The number of hydrogen-bond donors (Lipinski definition) is 0. The van der Waals surface area contributed by atoms with Gasteiger partial charge in [-0.1, -0.05) is 17.8 Å². The average molecular weight is 320 g/mol. The first kappa shape index (κ1) is 13.8. The Hall–Kier alpha value is -0.850. The van der Waals surface area contributed by atoms with Gasteiger partial charge in [-0.15, -0.1) is 21.5 Å². The maximum Gasteiger partial charge on any atom is 0.191 e. The minimum atomic E-state index is 0.526. The van der Waals surface area contributed by atoms with Crippen molar-refractivity contribution in [2.75, 3.05) is 25.4 Å². The minimum Gasteiger partial charge on any atom is -0.305 e. The smallest absolute Gasteiger partial charge is 0.191 e. The molecule has 21 heavy (non-hydrogen) atoms. The second kappa shape index (κ2) is 5.41. The fourth-order valence-electron chi connectivity index (χ4n) is 3.57. The van der Waals surface area contributed by atoms with Gasteiger partial charge < -0.3 is 9.47 Å². The largest absolute Gasteiger partial charge is 0.305 e. The van der Waals surface area contributed by atoms with Crippen LogP contribution in [-0.2, 0) is 7.05 Å². The van der Waals surface area contributed by atoms with Gasteiger partial charge in [0.2, 0.25) is 0 Å². The molecule has 0 aliphatic carbocycles. The Balaban J connectivity index is 1.48. The summed E-state index contributed by atoms with van der Waals surface area (Å²) in [6, 6.07) is 4.17. The highest BCUT2D eigenvalue weighted by molar-refractivity contribution is 7.99. The number of thiophene rings is 1. The molecule has 4 heterocycles. The van der Waals surface area contributed by atoms with Crippen LogP contribution in [0.5, 0.6) is 0 Å². The standard InChI is InChI=1S/C15H20N4S2/c1-18-13(12-4-2-9-20-12)16-17-14(18)21-11-15-5-3-7-19(10-15)8-6-15/h2,4,9H,3,5-8,10-11H2,1H3. The first-order chi connectivity index (χ1) is 10.3. The van der Waals surface area contributed by atoms with E-state index in [1.807, 2.05) is 11.8 Å². The molecule has 112 valence electrons. The fraction of sp³-hybridized carbons (Fsp3) is 0.600. The molecule has 0 saturated carbocycles. The van der Waals surface area contributed by atoms with Crippen LogP contribution in [-0.4, -0.2) is 45.1 Å². The van der Waals surface area contributed by atoms with E-state index in [1.165, 1.54) is 49.5 Å². The van der Waals surface area contributed by atoms with Gasteiger partial charge in [0.25, 0.3) is 0 Å². The van der Waals surface area contributed by atoms with Gasteiger partial charge in [-0.25, -0.2) is 0 Å². The van der Waals surface area contributed by atoms with E-state index in [0.717, 1.165) is 11.0 Å². The lowest BCUT2D eigenvalue weighted by molar-refractivity contribution is 0.205. The van der Waals surface area contributed by atoms with Crippen LogP contribution in [0.1, 0.15) is 19.3 Å². The second-order valence-corrected chi connectivity index (χ2v) is 8.15. The summed E-state index contributed by atoms with van der Waals surface area (Å²) in [5, 5.41) is 11.9. The molecule has 0 spiro atoms. The van der Waals surface area contributed by atoms with Gasteiger partial charge in [0.1, 0.15) is 0 Å². The lowest BCUT2D eigenvalue weighted by Gasteiger charge is -2.33. The van der Waals surface area contributed by atoms with Crippen molar-refractivity contribution in [1.82, 2.24) is 19.7 Å². The topological polar surface area (TPSA) is 34.0 Å². The molecule has 0 N–H and O–H groups in total. The monoisotopic (exact) mass is 320 g/mol. The molecular weight excluding hydrogens is 300 g/mol. The fourth-order valence-corrected chi connectivity index (χ4v) is 5.51. The van der Waals surface area contributed by atoms with Crippen molar-refractivity contribution in [1.29, 1.82) is 0 Å². The summed E-state index contributed by atoms with van der Waals surface area (Å²) in [6.07, 6.45) is 4.10. The quantitative estimate of drug-likeness (QED) is 0.811. The molecule has 2 bridgehead atoms. The van der Waals surface area contributed by atoms with Crippen LogP contribution in [0.25, 0.3) is 10.7 Å². The minimum absolute atomic E-state index is 0.526. The number of aromatic nitrogens is 3. The number of nitrogens with zero attached hydrogens (tertiary/aromatic N) is 4. The Morgan fingerprint density at radius 1 is 1.33 bits per heavy atom. The van der Waals surface area contributed by atoms with Crippen molar-refractivity contribution in [3.63, 3.8) is 0 Å². The van der Waals surface area contributed by atoms with E-state index in [-0.39, 0.29) is 0 Å². The van der Waals surface area contributed by atoms with Gasteiger partial charge in [0.15, 0.2) is 11.0 Å². The van der Waals surface area contributed by atoms with Crippen LogP contribution >= 0.6 is 23.1 Å². The molecule has 2 unspecified atom stereocenters. The first-order valence-electron chi connectivity index (χ1n) is 7.54. The highest BCUT2D eigenvalue weighted by atomic mass is 32.2. The number of fused-ring (bicyclic) bond motifs is 2. The molecular formula is C15H20N4S2. The summed E-state index contributed by atoms with van der Waals surface area (Å²) in [7, 11) is 2.08. The van der Waals surface area contributed by atoms with Crippen LogP contribution in [0.4, 0.5) is 0 Å². The lowest BCUT2D eigenvalue weighted by Crippen LogP contribution is -2.35. The predicted octanol–water partition coefficient (Wildman–Crippen LogP) is 3.12. The van der Waals surface area contributed by atoms with E-state index in [0.29, 0.717) is 5.41 Å². The second-order valence-electron chi connectivity index (χ2n) is 6.26. The molecule has 2 aromatic heterocycles. The molecule has 2 aliphatic rings. The molecule has 0 amide bonds. The number of hydrogen-bond acceptors (Lipinski definition) is 5. The summed E-state index contributed by atoms with van der Waals surface area (Å²) in [5.74, 6) is 2.17. The first-order valence-corrected chi connectivity index (χ1v) is 9.41. The number of thioether (sulfide) groups is 1. The third kappa shape index (κ3) is 2.53.